The molecule has 21 heavy (non-hydrogen) atoms. The molecule has 0 aromatic carbocycles. The Morgan fingerprint density at radius 2 is 1.10 bits per heavy atom. The zero-order valence-electron chi connectivity index (χ0n) is 14.8. The minimum Gasteiger partial charge on any atom is -1.00 e. The van der Waals surface area contributed by atoms with Gasteiger partial charge in [-0.05, 0) is 0 Å². The summed E-state index contributed by atoms with van der Waals surface area (Å²) in [6.45, 7) is 2.23. The van der Waals surface area contributed by atoms with Crippen molar-refractivity contribution in [1.82, 2.24) is 4.90 Å². The number of hydrogen-bond acceptors (Lipinski definition) is 4. The largest absolute Gasteiger partial charge is 1.00 e. The lowest BCUT2D eigenvalue weighted by atomic mass is 10.5. The number of rotatable bonds is 4. The van der Waals surface area contributed by atoms with Crippen LogP contribution in [0.15, 0.2) is 0 Å². The summed E-state index contributed by atoms with van der Waals surface area (Å²) in [7, 11) is 15.1. The first-order valence-corrected chi connectivity index (χ1v) is 6.47. The smallest absolute Gasteiger partial charge is 0.136 e. The van der Waals surface area contributed by atoms with E-state index in [-0.39, 0.29) is 25.6 Å². The van der Waals surface area contributed by atoms with Crippen molar-refractivity contribution in [2.75, 3.05) is 82.7 Å². The highest BCUT2D eigenvalue weighted by molar-refractivity contribution is 5.61. The molecule has 1 amide bonds. The second kappa shape index (κ2) is 14.3. The number of hydrogen-bond donors (Lipinski definition) is 2. The fraction of sp³-hybridized carbons (Fsp3) is 0.923. The van der Waals surface area contributed by atoms with Crippen molar-refractivity contribution in [1.29, 1.82) is 0 Å². The number of aliphatic hydroxyl groups is 2. The van der Waals surface area contributed by atoms with E-state index in [1.165, 1.54) is 14.1 Å². The van der Waals surface area contributed by atoms with E-state index in [1.807, 2.05) is 0 Å². The van der Waals surface area contributed by atoms with Crippen LogP contribution >= 0.6 is 0 Å². The molecular weight excluding hydrogens is 298 g/mol. The molecule has 132 valence electrons. The molecule has 0 aromatic rings. The van der Waals surface area contributed by atoms with Gasteiger partial charge in [0.05, 0.1) is 55.5 Å². The Labute approximate surface area is 136 Å². The van der Waals surface area contributed by atoms with E-state index in [1.54, 1.807) is 0 Å². The molecule has 8 heteroatoms. The van der Waals surface area contributed by atoms with Crippen LogP contribution in [0, 0.1) is 0 Å². The van der Waals surface area contributed by atoms with Crippen LogP contribution in [-0.2, 0) is 0 Å². The van der Waals surface area contributed by atoms with Crippen LogP contribution in [0.2, 0.25) is 0 Å². The number of amides is 1. The van der Waals surface area contributed by atoms with Crippen LogP contribution in [0.4, 0.5) is 4.79 Å². The number of carbonyl (C=O) groups is 1. The van der Waals surface area contributed by atoms with Crippen molar-refractivity contribution in [3.8, 4) is 0 Å². The number of quaternary nitrogens is 2. The molecule has 0 radical (unpaired) electrons. The number of nitrogens with zero attached hydrogens (tertiary/aromatic N) is 3. The van der Waals surface area contributed by atoms with Gasteiger partial charge in [0.2, 0.25) is 0 Å². The summed E-state index contributed by atoms with van der Waals surface area (Å²) in [5.41, 5.74) is 0. The first kappa shape index (κ1) is 28.5. The van der Waals surface area contributed by atoms with Crippen molar-refractivity contribution >= 4 is 6.09 Å². The van der Waals surface area contributed by atoms with E-state index in [2.05, 4.69) is 42.3 Å². The van der Waals surface area contributed by atoms with Gasteiger partial charge in [-0.25, -0.2) is 0 Å². The third-order valence-corrected chi connectivity index (χ3v) is 1.91. The highest BCUT2D eigenvalue weighted by Gasteiger charge is 2.02. The maximum atomic E-state index is 9.51. The van der Waals surface area contributed by atoms with Crippen molar-refractivity contribution in [3.63, 3.8) is 0 Å². The van der Waals surface area contributed by atoms with Crippen LogP contribution < -0.4 is 17.5 Å². The molecule has 0 aliphatic heterocycles. The van der Waals surface area contributed by atoms with Gasteiger partial charge in [-0.15, -0.1) is 0 Å². The van der Waals surface area contributed by atoms with Gasteiger partial charge in [0.15, 0.2) is 0 Å². The van der Waals surface area contributed by atoms with Crippen LogP contribution in [-0.4, -0.2) is 113 Å². The summed E-state index contributed by atoms with van der Waals surface area (Å²) in [6, 6.07) is 0. The molecule has 0 bridgehead atoms. The molecule has 0 saturated heterocycles. The van der Waals surface area contributed by atoms with E-state index in [0.29, 0.717) is 0 Å². The third-order valence-electron chi connectivity index (χ3n) is 1.91. The normalized spacial score (nSPS) is 10.2. The fourth-order valence-corrected chi connectivity index (χ4v) is 0.600. The van der Waals surface area contributed by atoms with Gasteiger partial charge in [-0.3, -0.25) is 0 Å². The standard InChI is InChI=1S/2C5H14NO.C3H7NO2.ClH/c2*1-6(2,3)4-5-7;1-4(2)3(5)6;/h2*7H,4-5H2,1-3H3;1-2H3,(H,5,6);1H/q2*+1;;/p-2. The highest BCUT2D eigenvalue weighted by Crippen LogP contribution is 1.85. The summed E-state index contributed by atoms with van der Waals surface area (Å²) in [5.74, 6) is 0. The zero-order chi connectivity index (χ0) is 17.0. The molecule has 0 atom stereocenters. The molecular formula is C13H34ClN3O4. The van der Waals surface area contributed by atoms with Gasteiger partial charge in [0, 0.05) is 14.1 Å². The Bertz CT molecular complexity index is 223. The maximum Gasteiger partial charge on any atom is 0.136 e. The number of halogens is 1. The second-order valence-electron chi connectivity index (χ2n) is 6.64. The molecule has 0 aromatic heterocycles. The van der Waals surface area contributed by atoms with E-state index < -0.39 is 6.09 Å². The van der Waals surface area contributed by atoms with E-state index in [9.17, 15) is 9.90 Å². The Morgan fingerprint density at radius 3 is 1.10 bits per heavy atom. The predicted molar refractivity (Wildman–Crippen MR) is 79.1 cm³/mol. The van der Waals surface area contributed by atoms with Gasteiger partial charge < -0.3 is 46.4 Å². The fourth-order valence-electron chi connectivity index (χ4n) is 0.600. The van der Waals surface area contributed by atoms with Gasteiger partial charge in [-0.2, -0.15) is 0 Å². The predicted octanol–water partition coefficient (Wildman–Crippen LogP) is -4.73. The first-order chi connectivity index (χ1) is 8.76. The lowest BCUT2D eigenvalue weighted by Crippen LogP contribution is -3.00. The van der Waals surface area contributed by atoms with Crippen LogP contribution in [0.25, 0.3) is 0 Å². The Hall–Kier alpha value is -0.600. The van der Waals surface area contributed by atoms with Crippen molar-refractivity contribution < 1.29 is 41.5 Å². The van der Waals surface area contributed by atoms with Crippen molar-refractivity contribution in [2.24, 2.45) is 0 Å². The topological polar surface area (TPSA) is 83.8 Å². The average molecular weight is 332 g/mol. The van der Waals surface area contributed by atoms with Crippen molar-refractivity contribution in [3.05, 3.63) is 0 Å². The summed E-state index contributed by atoms with van der Waals surface area (Å²) >= 11 is 0. The van der Waals surface area contributed by atoms with E-state index >= 15 is 0 Å². The number of aliphatic hydroxyl groups excluding tert-OH is 2. The van der Waals surface area contributed by atoms with Crippen molar-refractivity contribution in [2.45, 2.75) is 0 Å². The van der Waals surface area contributed by atoms with Crippen LogP contribution in [0.1, 0.15) is 0 Å². The minimum absolute atomic E-state index is 0. The number of carboxylic acid groups (broad SMARTS) is 1. The first-order valence-electron chi connectivity index (χ1n) is 6.47. The Kier molecular flexibility index (Phi) is 19.5. The lowest BCUT2D eigenvalue weighted by molar-refractivity contribution is -0.870. The molecule has 7 nitrogen and oxygen atoms in total. The highest BCUT2D eigenvalue weighted by atomic mass is 35.5. The minimum atomic E-state index is -1.16. The quantitative estimate of drug-likeness (QED) is 0.507. The molecule has 0 unspecified atom stereocenters. The third kappa shape index (κ3) is 45.2. The van der Waals surface area contributed by atoms with Gasteiger partial charge in [0.25, 0.3) is 0 Å². The van der Waals surface area contributed by atoms with Gasteiger partial charge >= 0.3 is 0 Å². The van der Waals surface area contributed by atoms with Crippen LogP contribution in [0.5, 0.6) is 0 Å². The summed E-state index contributed by atoms with van der Waals surface area (Å²) in [6.07, 6.45) is -1.16. The molecule has 0 fully saturated rings. The molecule has 0 rings (SSSR count). The zero-order valence-corrected chi connectivity index (χ0v) is 15.5. The summed E-state index contributed by atoms with van der Waals surface area (Å²) in [5, 5.41) is 26.3. The monoisotopic (exact) mass is 331 g/mol. The van der Waals surface area contributed by atoms with Crippen LogP contribution in [0.3, 0.4) is 0 Å². The van der Waals surface area contributed by atoms with Gasteiger partial charge in [0.1, 0.15) is 19.2 Å². The van der Waals surface area contributed by atoms with Gasteiger partial charge in [-0.1, -0.05) is 0 Å². The SMILES string of the molecule is CN(C)C(=O)[O-].C[N+](C)(C)CCO.C[N+](C)(C)CCO.[Cl-]. The molecule has 0 spiro atoms. The molecule has 0 aliphatic carbocycles. The van der Waals surface area contributed by atoms with E-state index in [0.717, 1.165) is 27.0 Å². The summed E-state index contributed by atoms with van der Waals surface area (Å²) < 4.78 is 1.69. The maximum absolute atomic E-state index is 9.51. The average Bonchev–Trinajstić information content (AvgIpc) is 2.15. The summed E-state index contributed by atoms with van der Waals surface area (Å²) in [4.78, 5) is 10.5. The number of likely N-dealkylation sites (N-methyl/N-ethyl adjacent to an activating group) is 2. The molecule has 0 saturated carbocycles. The second-order valence-corrected chi connectivity index (χ2v) is 6.64. The lowest BCUT2D eigenvalue weighted by Gasteiger charge is -2.21. The Balaban J connectivity index is -0.000000101. The molecule has 2 N–H and O–H groups in total. The van der Waals surface area contributed by atoms with E-state index in [4.69, 9.17) is 10.2 Å². The molecule has 0 heterocycles. The Morgan fingerprint density at radius 1 is 0.905 bits per heavy atom. The molecule has 0 aliphatic rings. The number of carbonyl (C=O) groups excluding carboxylic acids is 1.